The van der Waals surface area contributed by atoms with E-state index in [-0.39, 0.29) is 5.82 Å². The van der Waals surface area contributed by atoms with Crippen LogP contribution in [0.25, 0.3) is 0 Å². The van der Waals surface area contributed by atoms with E-state index >= 15 is 0 Å². The van der Waals surface area contributed by atoms with Crippen LogP contribution >= 0.6 is 20.5 Å². The number of anilines is 1. The summed E-state index contributed by atoms with van der Waals surface area (Å²) < 4.78 is 34.0. The molecule has 1 aliphatic heterocycles. The summed E-state index contributed by atoms with van der Waals surface area (Å²) in [5.41, 5.74) is 4.55. The van der Waals surface area contributed by atoms with Crippen molar-refractivity contribution >= 4 is 26.3 Å². The Bertz CT molecular complexity index is 640. The highest BCUT2D eigenvalue weighted by Gasteiger charge is 2.46. The van der Waals surface area contributed by atoms with Crippen molar-refractivity contribution in [3.05, 3.63) is 22.7 Å². The van der Waals surface area contributed by atoms with Gasteiger partial charge < -0.3 is 20.3 Å². The second kappa shape index (κ2) is 6.62. The summed E-state index contributed by atoms with van der Waals surface area (Å²) in [6, 6.07) is 1.30. The number of hydrogen-bond acceptors (Lipinski definition) is 8. The molecule has 0 radical (unpaired) electrons. The third-order valence-corrected chi connectivity index (χ3v) is 4.06. The molecule has 4 atom stereocenters. The van der Waals surface area contributed by atoms with Crippen LogP contribution in [-0.2, 0) is 18.8 Å². The van der Waals surface area contributed by atoms with E-state index in [9.17, 15) is 13.9 Å². The molecule has 0 aliphatic carbocycles. The highest BCUT2D eigenvalue weighted by molar-refractivity contribution is 7.81. The van der Waals surface area contributed by atoms with Crippen LogP contribution in [0.15, 0.2) is 17.1 Å². The van der Waals surface area contributed by atoms with E-state index in [0.717, 1.165) is 4.57 Å². The highest BCUT2D eigenvalue weighted by Crippen LogP contribution is 2.40. The fourth-order valence-electron chi connectivity index (χ4n) is 1.97. The number of thiol groups is 1. The molecule has 0 unspecified atom stereocenters. The zero-order valence-electron chi connectivity index (χ0n) is 10.9. The van der Waals surface area contributed by atoms with Gasteiger partial charge in [-0.3, -0.25) is 9.09 Å². The Kier molecular flexibility index (Phi) is 5.22. The van der Waals surface area contributed by atoms with E-state index < -0.39 is 43.8 Å². The monoisotopic (exact) mass is 357 g/mol. The Morgan fingerprint density at radius 1 is 1.59 bits per heavy atom. The Morgan fingerprint density at radius 2 is 2.27 bits per heavy atom. The van der Waals surface area contributed by atoms with Gasteiger partial charge in [-0.1, -0.05) is 0 Å². The zero-order chi connectivity index (χ0) is 16.5. The molecule has 0 aromatic carbocycles. The minimum absolute atomic E-state index is 0.0271. The topological polar surface area (TPSA) is 146 Å². The molecule has 0 saturated carbocycles. The molecular formula is C9H13FN3O7PS. The van der Waals surface area contributed by atoms with Crippen LogP contribution < -0.4 is 11.4 Å². The van der Waals surface area contributed by atoms with Gasteiger partial charge >= 0.3 is 13.5 Å². The summed E-state index contributed by atoms with van der Waals surface area (Å²) in [5.74, 6) is -0.0271. The summed E-state index contributed by atoms with van der Waals surface area (Å²) in [6.45, 7) is -0.564. The van der Waals surface area contributed by atoms with Crippen LogP contribution in [-0.4, -0.2) is 43.4 Å². The van der Waals surface area contributed by atoms with E-state index in [2.05, 4.69) is 27.1 Å². The lowest BCUT2D eigenvalue weighted by Gasteiger charge is -2.17. The molecule has 1 saturated heterocycles. The Balaban J connectivity index is 2.21. The van der Waals surface area contributed by atoms with Crippen molar-refractivity contribution in [2.75, 3.05) is 12.3 Å². The van der Waals surface area contributed by atoms with Gasteiger partial charge in [0.15, 0.2) is 12.3 Å². The fourth-order valence-corrected chi connectivity index (χ4v) is 2.66. The highest BCUT2D eigenvalue weighted by atomic mass is 32.1. The number of nitrogens with two attached hydrogens (primary N) is 1. The van der Waals surface area contributed by atoms with Crippen molar-refractivity contribution in [3.8, 4) is 0 Å². The molecule has 1 aromatic heterocycles. The van der Waals surface area contributed by atoms with Gasteiger partial charge in [-0.25, -0.2) is 9.36 Å². The number of phosphoric acid groups is 1. The first-order valence-electron chi connectivity index (χ1n) is 5.88. The lowest BCUT2D eigenvalue weighted by molar-refractivity contribution is -0.205. The molecule has 13 heteroatoms. The number of hydrogen-bond donors (Lipinski definition) is 4. The summed E-state index contributed by atoms with van der Waals surface area (Å²) in [6.07, 6.45) is -2.34. The second-order valence-corrected chi connectivity index (χ2v) is 6.27. The summed E-state index contributed by atoms with van der Waals surface area (Å²) >= 11 is 4.07. The molecule has 22 heavy (non-hydrogen) atoms. The summed E-state index contributed by atoms with van der Waals surface area (Å²) in [7, 11) is -4.73. The zero-order valence-corrected chi connectivity index (χ0v) is 12.6. The fraction of sp³-hybridized carbons (Fsp3) is 0.556. The summed E-state index contributed by atoms with van der Waals surface area (Å²) in [4.78, 5) is 36.3. The van der Waals surface area contributed by atoms with Gasteiger partial charge in [-0.05, 0) is 10.6 Å². The molecular weight excluding hydrogens is 344 g/mol. The first-order chi connectivity index (χ1) is 10.2. The molecule has 4 N–H and O–H groups in total. The SMILES string of the molecule is Nc1ccn([C@@H]2O[C@H](COP(=O)(O)O)[C@H](S)[C@@H]2OF)c(=O)n1. The average molecular weight is 357 g/mol. The van der Waals surface area contributed by atoms with Gasteiger partial charge in [0, 0.05) is 6.20 Å². The van der Waals surface area contributed by atoms with E-state index in [1.807, 2.05) is 0 Å². The number of phosphoric ester groups is 1. The maximum absolute atomic E-state index is 12.8. The van der Waals surface area contributed by atoms with Crippen molar-refractivity contribution in [1.29, 1.82) is 0 Å². The maximum atomic E-state index is 12.8. The molecule has 1 aromatic rings. The van der Waals surface area contributed by atoms with Crippen molar-refractivity contribution in [2.24, 2.45) is 0 Å². The Labute approximate surface area is 128 Å². The largest absolute Gasteiger partial charge is 0.469 e. The lowest BCUT2D eigenvalue weighted by atomic mass is 10.2. The normalized spacial score (nSPS) is 28.9. The Hall–Kier alpha value is -1.01. The van der Waals surface area contributed by atoms with Crippen LogP contribution in [0, 0.1) is 0 Å². The molecule has 2 rings (SSSR count). The summed E-state index contributed by atoms with van der Waals surface area (Å²) in [5, 5.41) is -0.939. The third-order valence-electron chi connectivity index (χ3n) is 2.95. The average Bonchev–Trinajstić information content (AvgIpc) is 2.72. The van der Waals surface area contributed by atoms with Crippen LogP contribution in [0.2, 0.25) is 0 Å². The standard InChI is InChI=1S/C9H13FN3O7PS/c10-20-6-7(22)4(3-18-21(15,16)17)19-8(6)13-2-1-5(11)12-9(13)14/h1-2,4,6-8,22H,3H2,(H2,11,12,14)(H2,15,16,17)/t4-,6+,7+,8-/m1/s1. The van der Waals surface area contributed by atoms with Crippen LogP contribution in [0.1, 0.15) is 6.23 Å². The van der Waals surface area contributed by atoms with Gasteiger partial charge in [-0.15, -0.1) is 0 Å². The first kappa shape index (κ1) is 17.3. The van der Waals surface area contributed by atoms with Crippen molar-refractivity contribution in [3.63, 3.8) is 0 Å². The number of halogens is 1. The van der Waals surface area contributed by atoms with Crippen LogP contribution in [0.3, 0.4) is 0 Å². The molecule has 0 bridgehead atoms. The van der Waals surface area contributed by atoms with Crippen LogP contribution in [0.4, 0.5) is 10.3 Å². The lowest BCUT2D eigenvalue weighted by Crippen LogP contribution is -2.34. The number of ether oxygens (including phenoxy) is 1. The predicted molar refractivity (Wildman–Crippen MR) is 73.6 cm³/mol. The number of nitrogen functional groups attached to an aromatic ring is 1. The van der Waals surface area contributed by atoms with Gasteiger partial charge in [0.25, 0.3) is 0 Å². The quantitative estimate of drug-likeness (QED) is 0.401. The van der Waals surface area contributed by atoms with Crippen molar-refractivity contribution < 1.29 is 33.1 Å². The minimum atomic E-state index is -4.73. The van der Waals surface area contributed by atoms with E-state index in [4.69, 9.17) is 20.3 Å². The minimum Gasteiger partial charge on any atom is -0.383 e. The van der Waals surface area contributed by atoms with Gasteiger partial charge in [-0.2, -0.15) is 22.6 Å². The molecule has 10 nitrogen and oxygen atoms in total. The molecule has 2 heterocycles. The third kappa shape index (κ3) is 3.84. The van der Waals surface area contributed by atoms with E-state index in [1.165, 1.54) is 12.3 Å². The number of nitrogens with zero attached hydrogens (tertiary/aromatic N) is 2. The van der Waals surface area contributed by atoms with Crippen LogP contribution in [0.5, 0.6) is 0 Å². The molecule has 124 valence electrons. The van der Waals surface area contributed by atoms with Crippen molar-refractivity contribution in [2.45, 2.75) is 23.7 Å². The molecule has 0 spiro atoms. The molecule has 1 aliphatic rings. The van der Waals surface area contributed by atoms with Gasteiger partial charge in [0.1, 0.15) is 5.82 Å². The van der Waals surface area contributed by atoms with Gasteiger partial charge in [0.2, 0.25) is 0 Å². The van der Waals surface area contributed by atoms with Gasteiger partial charge in [0.05, 0.1) is 18.0 Å². The van der Waals surface area contributed by atoms with E-state index in [0.29, 0.717) is 0 Å². The number of rotatable bonds is 5. The predicted octanol–water partition coefficient (Wildman–Crippen LogP) is -0.600. The maximum Gasteiger partial charge on any atom is 0.469 e. The smallest absolute Gasteiger partial charge is 0.383 e. The molecule has 1 fully saturated rings. The van der Waals surface area contributed by atoms with E-state index in [1.54, 1.807) is 0 Å². The van der Waals surface area contributed by atoms with Crippen molar-refractivity contribution in [1.82, 2.24) is 9.55 Å². The second-order valence-electron chi connectivity index (χ2n) is 4.44. The Morgan fingerprint density at radius 3 is 2.82 bits per heavy atom. The first-order valence-corrected chi connectivity index (χ1v) is 7.93. The number of aromatic nitrogens is 2. The molecule has 0 amide bonds.